The molecule has 0 saturated heterocycles. The van der Waals surface area contributed by atoms with Crippen LogP contribution in [0.4, 0.5) is 0 Å². The molecule has 1 aromatic heterocycles. The highest BCUT2D eigenvalue weighted by atomic mass is 32.2. The van der Waals surface area contributed by atoms with Gasteiger partial charge in [0.25, 0.3) is 5.56 Å². The van der Waals surface area contributed by atoms with Crippen molar-refractivity contribution < 1.29 is 8.42 Å². The standard InChI is InChI=1S/C16H25N3O4S/c1-18-10-14(15(20)19(2)16(18)21)24(22,23)17-13-8-7-11-5-3-4-6-12(11)9-13/h10-13,17H,3-9H2,1-2H3/t11-,12+,13-/m1/s1. The lowest BCUT2D eigenvalue weighted by atomic mass is 9.70. The minimum Gasteiger partial charge on any atom is -0.302 e. The number of fused-ring (bicyclic) bond motifs is 1. The summed E-state index contributed by atoms with van der Waals surface area (Å²) in [5.41, 5.74) is -1.32. The molecule has 134 valence electrons. The number of sulfonamides is 1. The van der Waals surface area contributed by atoms with Crippen LogP contribution in [-0.4, -0.2) is 23.6 Å². The van der Waals surface area contributed by atoms with Gasteiger partial charge in [-0.05, 0) is 31.1 Å². The summed E-state index contributed by atoms with van der Waals surface area (Å²) in [6, 6.07) is -0.128. The van der Waals surface area contributed by atoms with Gasteiger partial charge >= 0.3 is 5.69 Å². The Kier molecular flexibility index (Phi) is 4.70. The molecule has 0 amide bonds. The van der Waals surface area contributed by atoms with E-state index in [4.69, 9.17) is 0 Å². The van der Waals surface area contributed by atoms with Crippen LogP contribution in [0.3, 0.4) is 0 Å². The van der Waals surface area contributed by atoms with Gasteiger partial charge in [0.1, 0.15) is 0 Å². The van der Waals surface area contributed by atoms with Gasteiger partial charge in [-0.3, -0.25) is 9.36 Å². The molecule has 2 aliphatic rings. The maximum atomic E-state index is 12.7. The topological polar surface area (TPSA) is 90.2 Å². The Labute approximate surface area is 141 Å². The quantitative estimate of drug-likeness (QED) is 0.865. The van der Waals surface area contributed by atoms with E-state index in [0.29, 0.717) is 5.92 Å². The van der Waals surface area contributed by atoms with E-state index in [1.54, 1.807) is 0 Å². The Morgan fingerprint density at radius 2 is 1.71 bits per heavy atom. The van der Waals surface area contributed by atoms with E-state index < -0.39 is 21.3 Å². The van der Waals surface area contributed by atoms with Crippen LogP contribution in [0.25, 0.3) is 0 Å². The molecule has 0 aliphatic heterocycles. The van der Waals surface area contributed by atoms with Crippen LogP contribution < -0.4 is 16.0 Å². The average Bonchev–Trinajstić information content (AvgIpc) is 2.55. The lowest BCUT2D eigenvalue weighted by molar-refractivity contribution is 0.152. The molecule has 1 heterocycles. The maximum absolute atomic E-state index is 12.7. The highest BCUT2D eigenvalue weighted by molar-refractivity contribution is 7.89. The van der Waals surface area contributed by atoms with Crippen molar-refractivity contribution in [2.45, 2.75) is 55.9 Å². The number of nitrogens with zero attached hydrogens (tertiary/aromatic N) is 2. The first-order valence-electron chi connectivity index (χ1n) is 8.58. The molecule has 0 unspecified atom stereocenters. The van der Waals surface area contributed by atoms with Gasteiger partial charge in [-0.2, -0.15) is 0 Å². The molecule has 0 bridgehead atoms. The number of hydrogen-bond acceptors (Lipinski definition) is 4. The Bertz CT molecular complexity index is 840. The van der Waals surface area contributed by atoms with Gasteiger partial charge in [0, 0.05) is 26.3 Å². The van der Waals surface area contributed by atoms with Gasteiger partial charge in [-0.15, -0.1) is 0 Å². The van der Waals surface area contributed by atoms with Gasteiger partial charge in [0.2, 0.25) is 10.0 Å². The predicted molar refractivity (Wildman–Crippen MR) is 90.3 cm³/mol. The van der Waals surface area contributed by atoms with E-state index in [1.807, 2.05) is 0 Å². The average molecular weight is 355 g/mol. The molecule has 2 fully saturated rings. The first-order valence-corrected chi connectivity index (χ1v) is 10.1. The fraction of sp³-hybridized carbons (Fsp3) is 0.750. The molecule has 3 atom stereocenters. The lowest BCUT2D eigenvalue weighted by Gasteiger charge is -2.39. The first kappa shape index (κ1) is 17.4. The number of rotatable bonds is 3. The van der Waals surface area contributed by atoms with Crippen LogP contribution in [0.2, 0.25) is 0 Å². The summed E-state index contributed by atoms with van der Waals surface area (Å²) >= 11 is 0. The summed E-state index contributed by atoms with van der Waals surface area (Å²) in [4.78, 5) is 23.6. The summed E-state index contributed by atoms with van der Waals surface area (Å²) in [6.45, 7) is 0. The second kappa shape index (κ2) is 6.48. The summed E-state index contributed by atoms with van der Waals surface area (Å²) in [6.07, 6.45) is 8.74. The van der Waals surface area contributed by atoms with Crippen molar-refractivity contribution in [3.05, 3.63) is 27.0 Å². The van der Waals surface area contributed by atoms with E-state index in [-0.39, 0.29) is 10.9 Å². The highest BCUT2D eigenvalue weighted by Crippen LogP contribution is 2.40. The fourth-order valence-corrected chi connectivity index (χ4v) is 5.67. The monoisotopic (exact) mass is 355 g/mol. The summed E-state index contributed by atoms with van der Waals surface area (Å²) in [7, 11) is -1.21. The van der Waals surface area contributed by atoms with Gasteiger partial charge in [0.15, 0.2) is 4.90 Å². The third-order valence-electron chi connectivity index (χ3n) is 5.57. The molecule has 2 saturated carbocycles. The van der Waals surface area contributed by atoms with Crippen LogP contribution in [0.15, 0.2) is 20.7 Å². The maximum Gasteiger partial charge on any atom is 0.330 e. The summed E-state index contributed by atoms with van der Waals surface area (Å²) in [5.74, 6) is 1.31. The van der Waals surface area contributed by atoms with Crippen LogP contribution in [0, 0.1) is 11.8 Å². The van der Waals surface area contributed by atoms with E-state index in [2.05, 4.69) is 4.72 Å². The van der Waals surface area contributed by atoms with E-state index in [0.717, 1.165) is 40.5 Å². The van der Waals surface area contributed by atoms with Crippen molar-refractivity contribution in [1.82, 2.24) is 13.9 Å². The normalized spacial score (nSPS) is 27.7. The predicted octanol–water partition coefficient (Wildman–Crippen LogP) is 0.721. The van der Waals surface area contributed by atoms with Crippen LogP contribution in [0.5, 0.6) is 0 Å². The van der Waals surface area contributed by atoms with Crippen molar-refractivity contribution >= 4 is 10.0 Å². The SMILES string of the molecule is Cn1cc(S(=O)(=O)N[C@@H]2CC[C@H]3CCCC[C@H]3C2)c(=O)n(C)c1=O. The largest absolute Gasteiger partial charge is 0.330 e. The minimum absolute atomic E-state index is 0.128. The van der Waals surface area contributed by atoms with Crippen molar-refractivity contribution in [3.8, 4) is 0 Å². The molecule has 2 aliphatic carbocycles. The number of aryl methyl sites for hydroxylation is 1. The zero-order valence-electron chi connectivity index (χ0n) is 14.2. The van der Waals surface area contributed by atoms with Crippen molar-refractivity contribution in [2.75, 3.05) is 0 Å². The molecule has 24 heavy (non-hydrogen) atoms. The van der Waals surface area contributed by atoms with Crippen LogP contribution in [0.1, 0.15) is 44.9 Å². The van der Waals surface area contributed by atoms with Gasteiger partial charge in [-0.25, -0.2) is 17.9 Å². The van der Waals surface area contributed by atoms with E-state index in [1.165, 1.54) is 39.8 Å². The molecule has 8 heteroatoms. The summed E-state index contributed by atoms with van der Waals surface area (Å²) in [5, 5.41) is 0. The Morgan fingerprint density at radius 3 is 2.42 bits per heavy atom. The van der Waals surface area contributed by atoms with Crippen LogP contribution in [-0.2, 0) is 24.1 Å². The van der Waals surface area contributed by atoms with E-state index in [9.17, 15) is 18.0 Å². The number of aromatic nitrogens is 2. The smallest absolute Gasteiger partial charge is 0.302 e. The second-order valence-corrected chi connectivity index (χ2v) is 8.87. The summed E-state index contributed by atoms with van der Waals surface area (Å²) < 4.78 is 30.0. The molecule has 1 aromatic rings. The third-order valence-corrected chi connectivity index (χ3v) is 7.07. The third kappa shape index (κ3) is 3.21. The molecular weight excluding hydrogens is 330 g/mol. The minimum atomic E-state index is -3.93. The highest BCUT2D eigenvalue weighted by Gasteiger charge is 2.34. The second-order valence-electron chi connectivity index (χ2n) is 7.19. The lowest BCUT2D eigenvalue weighted by Crippen LogP contribution is -2.45. The Balaban J connectivity index is 1.82. The molecule has 0 radical (unpaired) electrons. The molecule has 0 aromatic carbocycles. The zero-order valence-corrected chi connectivity index (χ0v) is 15.0. The Morgan fingerprint density at radius 1 is 1.04 bits per heavy atom. The fourth-order valence-electron chi connectivity index (χ4n) is 4.22. The van der Waals surface area contributed by atoms with Gasteiger partial charge in [0.05, 0.1) is 0 Å². The zero-order chi connectivity index (χ0) is 17.5. The van der Waals surface area contributed by atoms with E-state index >= 15 is 0 Å². The van der Waals surface area contributed by atoms with Gasteiger partial charge < -0.3 is 4.57 Å². The molecule has 0 spiro atoms. The molecule has 1 N–H and O–H groups in total. The first-order chi connectivity index (χ1) is 11.3. The van der Waals surface area contributed by atoms with Crippen LogP contribution >= 0.6 is 0 Å². The Hall–Kier alpha value is -1.41. The number of nitrogens with one attached hydrogen (secondary N) is 1. The molecule has 7 nitrogen and oxygen atoms in total. The van der Waals surface area contributed by atoms with Gasteiger partial charge in [-0.1, -0.05) is 25.7 Å². The van der Waals surface area contributed by atoms with Crippen molar-refractivity contribution in [3.63, 3.8) is 0 Å². The number of hydrogen-bond donors (Lipinski definition) is 1. The van der Waals surface area contributed by atoms with Crippen molar-refractivity contribution in [2.24, 2.45) is 25.9 Å². The molecule has 3 rings (SSSR count). The molecular formula is C16H25N3O4S. The van der Waals surface area contributed by atoms with Crippen molar-refractivity contribution in [1.29, 1.82) is 0 Å².